The Morgan fingerprint density at radius 3 is 2.30 bits per heavy atom. The zero-order valence-electron chi connectivity index (χ0n) is 19.1. The van der Waals surface area contributed by atoms with Gasteiger partial charge < -0.3 is 10.8 Å². The van der Waals surface area contributed by atoms with E-state index in [0.717, 1.165) is 44.5 Å². The van der Waals surface area contributed by atoms with Crippen LogP contribution in [0.4, 0.5) is 4.79 Å². The summed E-state index contributed by atoms with van der Waals surface area (Å²) in [7, 11) is 0. The lowest BCUT2D eigenvalue weighted by molar-refractivity contribution is 0.0955. The summed E-state index contributed by atoms with van der Waals surface area (Å²) >= 11 is 0. The smallest absolute Gasteiger partial charge is 0.408 e. The number of carboxylic acid groups (broad SMARTS) is 1. The molecule has 0 atom stereocenters. The number of nitrogens with two attached hydrogens (primary N) is 1. The van der Waals surface area contributed by atoms with E-state index in [1.807, 2.05) is 69.3 Å². The van der Waals surface area contributed by atoms with E-state index in [0.29, 0.717) is 13.1 Å². The minimum absolute atomic E-state index is 0.321. The van der Waals surface area contributed by atoms with Crippen LogP contribution in [0.15, 0.2) is 72.9 Å². The fraction of sp³-hybridized carbons (Fsp3) is 0.222. The van der Waals surface area contributed by atoms with Crippen molar-refractivity contribution in [2.75, 3.05) is 0 Å². The molecule has 6 heteroatoms. The lowest BCUT2D eigenvalue weighted by atomic mass is 9.96. The highest BCUT2D eigenvalue weighted by Gasteiger charge is 2.26. The summed E-state index contributed by atoms with van der Waals surface area (Å²) in [6.45, 7) is 6.34. The molecule has 4 aromatic rings. The Bertz CT molecular complexity index is 1280. The maximum Gasteiger partial charge on any atom is 0.408 e. The predicted octanol–water partition coefficient (Wildman–Crippen LogP) is 5.70. The molecule has 0 aliphatic heterocycles. The van der Waals surface area contributed by atoms with Gasteiger partial charge in [0.25, 0.3) is 0 Å². The fourth-order valence-corrected chi connectivity index (χ4v) is 3.92. The van der Waals surface area contributed by atoms with E-state index in [2.05, 4.69) is 23.2 Å². The second-order valence-electron chi connectivity index (χ2n) is 9.02. The van der Waals surface area contributed by atoms with Gasteiger partial charge in [0.05, 0.1) is 16.9 Å². The molecule has 0 aliphatic carbocycles. The van der Waals surface area contributed by atoms with Gasteiger partial charge in [-0.2, -0.15) is 0 Å². The van der Waals surface area contributed by atoms with Crippen LogP contribution in [0, 0.1) is 0 Å². The number of benzene rings is 2. The Labute approximate surface area is 193 Å². The van der Waals surface area contributed by atoms with Crippen molar-refractivity contribution in [3.05, 3.63) is 84.2 Å². The van der Waals surface area contributed by atoms with Gasteiger partial charge in [-0.25, -0.2) is 9.78 Å². The van der Waals surface area contributed by atoms with E-state index >= 15 is 0 Å². The third-order valence-corrected chi connectivity index (χ3v) is 5.71. The Morgan fingerprint density at radius 1 is 1.00 bits per heavy atom. The number of carbonyl (C=O) groups is 1. The summed E-state index contributed by atoms with van der Waals surface area (Å²) < 4.78 is 0. The molecule has 168 valence electrons. The van der Waals surface area contributed by atoms with Crippen molar-refractivity contribution >= 4 is 17.0 Å². The van der Waals surface area contributed by atoms with Gasteiger partial charge in [0.15, 0.2) is 0 Å². The summed E-state index contributed by atoms with van der Waals surface area (Å²) in [5, 5.41) is 10.6. The molecule has 0 saturated heterocycles. The van der Waals surface area contributed by atoms with Crippen LogP contribution in [0.2, 0.25) is 0 Å². The molecule has 33 heavy (non-hydrogen) atoms. The maximum absolute atomic E-state index is 11.7. The van der Waals surface area contributed by atoms with Crippen LogP contribution in [-0.4, -0.2) is 31.6 Å². The average molecular weight is 441 g/mol. The molecule has 0 spiro atoms. The standard InChI is InChI=1S/C27H28N4O2/c1-27(2,3)31(26(32)33)17-18-9-11-20(12-10-18)25-21(19-7-5-4-6-8-19)15-22-23(30-25)13-14-29-24(22)16-28/h4-15H,16-17,28H2,1-3H3,(H,32,33). The molecule has 0 saturated carbocycles. The Morgan fingerprint density at radius 2 is 1.70 bits per heavy atom. The van der Waals surface area contributed by atoms with Gasteiger partial charge in [0.1, 0.15) is 0 Å². The second kappa shape index (κ2) is 9.00. The number of aromatic nitrogens is 2. The summed E-state index contributed by atoms with van der Waals surface area (Å²) in [6.07, 6.45) is 0.804. The quantitative estimate of drug-likeness (QED) is 0.415. The molecular weight excluding hydrogens is 412 g/mol. The second-order valence-corrected chi connectivity index (χ2v) is 9.02. The molecule has 0 aliphatic rings. The summed E-state index contributed by atoms with van der Waals surface area (Å²) in [5.41, 5.74) is 11.9. The third kappa shape index (κ3) is 4.71. The normalized spacial score (nSPS) is 11.5. The number of hydrogen-bond acceptors (Lipinski definition) is 4. The van der Waals surface area contributed by atoms with Crippen LogP contribution >= 0.6 is 0 Å². The maximum atomic E-state index is 11.7. The highest BCUT2D eigenvalue weighted by molar-refractivity contribution is 5.92. The fourth-order valence-electron chi connectivity index (χ4n) is 3.92. The first-order chi connectivity index (χ1) is 15.8. The van der Waals surface area contributed by atoms with Gasteiger partial charge in [-0.3, -0.25) is 9.88 Å². The summed E-state index contributed by atoms with van der Waals surface area (Å²) in [4.78, 5) is 22.6. The summed E-state index contributed by atoms with van der Waals surface area (Å²) in [6, 6.07) is 22.1. The van der Waals surface area contributed by atoms with Crippen molar-refractivity contribution in [3.8, 4) is 22.4 Å². The zero-order chi connectivity index (χ0) is 23.6. The van der Waals surface area contributed by atoms with Crippen molar-refractivity contribution in [1.29, 1.82) is 0 Å². The van der Waals surface area contributed by atoms with E-state index < -0.39 is 11.6 Å². The lowest BCUT2D eigenvalue weighted by Crippen LogP contribution is -2.44. The van der Waals surface area contributed by atoms with Crippen LogP contribution in [0.3, 0.4) is 0 Å². The van der Waals surface area contributed by atoms with E-state index in [-0.39, 0.29) is 0 Å². The van der Waals surface area contributed by atoms with Gasteiger partial charge in [-0.1, -0.05) is 54.6 Å². The van der Waals surface area contributed by atoms with Crippen LogP contribution in [0.1, 0.15) is 32.0 Å². The Kier molecular flexibility index (Phi) is 6.11. The third-order valence-electron chi connectivity index (χ3n) is 5.71. The Balaban J connectivity index is 1.80. The number of fused-ring (bicyclic) bond motifs is 1. The SMILES string of the molecule is CC(C)(C)N(Cc1ccc(-c2nc3ccnc(CN)c3cc2-c2ccccc2)cc1)C(=O)O. The molecule has 2 aromatic carbocycles. The number of pyridine rings is 2. The van der Waals surface area contributed by atoms with Crippen molar-refractivity contribution in [1.82, 2.24) is 14.9 Å². The van der Waals surface area contributed by atoms with Crippen molar-refractivity contribution in [2.24, 2.45) is 5.73 Å². The first-order valence-corrected chi connectivity index (χ1v) is 10.9. The highest BCUT2D eigenvalue weighted by Crippen LogP contribution is 2.34. The topological polar surface area (TPSA) is 92.3 Å². The van der Waals surface area contributed by atoms with Crippen molar-refractivity contribution < 1.29 is 9.90 Å². The van der Waals surface area contributed by atoms with E-state index in [4.69, 9.17) is 10.7 Å². The van der Waals surface area contributed by atoms with Crippen LogP contribution in [-0.2, 0) is 13.1 Å². The summed E-state index contributed by atoms with van der Waals surface area (Å²) in [5.74, 6) is 0. The number of nitrogens with zero attached hydrogens (tertiary/aromatic N) is 3. The number of amides is 1. The predicted molar refractivity (Wildman–Crippen MR) is 132 cm³/mol. The van der Waals surface area contributed by atoms with Crippen LogP contribution < -0.4 is 5.73 Å². The molecule has 1 amide bonds. The van der Waals surface area contributed by atoms with Crippen molar-refractivity contribution in [3.63, 3.8) is 0 Å². The lowest BCUT2D eigenvalue weighted by Gasteiger charge is -2.33. The van der Waals surface area contributed by atoms with Gasteiger partial charge in [-0.05, 0) is 44.0 Å². The number of hydrogen-bond donors (Lipinski definition) is 2. The molecule has 2 heterocycles. The first kappa shape index (κ1) is 22.4. The molecule has 0 bridgehead atoms. The molecule has 0 unspecified atom stereocenters. The molecular formula is C27H28N4O2. The van der Waals surface area contributed by atoms with Crippen molar-refractivity contribution in [2.45, 2.75) is 39.4 Å². The van der Waals surface area contributed by atoms with E-state index in [1.54, 1.807) is 6.20 Å². The zero-order valence-corrected chi connectivity index (χ0v) is 19.1. The van der Waals surface area contributed by atoms with Gasteiger partial charge in [0.2, 0.25) is 0 Å². The molecule has 3 N–H and O–H groups in total. The molecule has 6 nitrogen and oxygen atoms in total. The van der Waals surface area contributed by atoms with Gasteiger partial charge in [-0.15, -0.1) is 0 Å². The minimum atomic E-state index is -0.932. The highest BCUT2D eigenvalue weighted by atomic mass is 16.4. The largest absolute Gasteiger partial charge is 0.465 e. The number of rotatable bonds is 5. The van der Waals surface area contributed by atoms with Crippen LogP contribution in [0.5, 0.6) is 0 Å². The van der Waals surface area contributed by atoms with Gasteiger partial charge in [0, 0.05) is 41.3 Å². The minimum Gasteiger partial charge on any atom is -0.465 e. The molecule has 2 aromatic heterocycles. The van der Waals surface area contributed by atoms with Crippen LogP contribution in [0.25, 0.3) is 33.3 Å². The molecule has 0 fully saturated rings. The monoisotopic (exact) mass is 440 g/mol. The molecule has 0 radical (unpaired) electrons. The van der Waals surface area contributed by atoms with E-state index in [1.165, 1.54) is 4.90 Å². The van der Waals surface area contributed by atoms with Gasteiger partial charge >= 0.3 is 6.09 Å². The van der Waals surface area contributed by atoms with E-state index in [9.17, 15) is 9.90 Å². The average Bonchev–Trinajstić information content (AvgIpc) is 2.81. The Hall–Kier alpha value is -3.77. The molecule has 4 rings (SSSR count). The first-order valence-electron chi connectivity index (χ1n) is 10.9.